The SMILES string of the molecule is [2H]C(CC1C=CC=CO1)c1ccccc1. The van der Waals surface area contributed by atoms with E-state index in [0.717, 1.165) is 5.56 Å². The molecule has 1 heteroatoms. The van der Waals surface area contributed by atoms with E-state index in [1.165, 1.54) is 0 Å². The summed E-state index contributed by atoms with van der Waals surface area (Å²) in [6.07, 6.45) is 8.02. The van der Waals surface area contributed by atoms with E-state index in [1.807, 2.05) is 48.6 Å². The van der Waals surface area contributed by atoms with Crippen molar-refractivity contribution in [1.82, 2.24) is 0 Å². The predicted molar refractivity (Wildman–Crippen MR) is 57.9 cm³/mol. The molecule has 0 saturated heterocycles. The van der Waals surface area contributed by atoms with E-state index >= 15 is 0 Å². The van der Waals surface area contributed by atoms with Crippen LogP contribution >= 0.6 is 0 Å². The Morgan fingerprint density at radius 1 is 1.21 bits per heavy atom. The molecular formula is C13H14O. The second-order valence-corrected chi connectivity index (χ2v) is 3.24. The highest BCUT2D eigenvalue weighted by atomic mass is 16.5. The molecule has 2 atom stereocenters. The smallest absolute Gasteiger partial charge is 0.117 e. The van der Waals surface area contributed by atoms with E-state index in [1.54, 1.807) is 6.26 Å². The molecule has 0 aromatic heterocycles. The normalized spacial score (nSPS) is 22.6. The van der Waals surface area contributed by atoms with Gasteiger partial charge in [0.05, 0.1) is 6.26 Å². The molecule has 1 aromatic rings. The van der Waals surface area contributed by atoms with Crippen LogP contribution < -0.4 is 0 Å². The standard InChI is InChI=1S/C13H14O/c1-2-6-12(7-3-1)9-10-13-8-4-5-11-14-13/h1-8,11,13H,9-10H2/i9D. The fraction of sp³-hybridized carbons (Fsp3) is 0.231. The zero-order chi connectivity index (χ0) is 10.5. The van der Waals surface area contributed by atoms with Crippen molar-refractivity contribution in [1.29, 1.82) is 0 Å². The van der Waals surface area contributed by atoms with Crippen molar-refractivity contribution in [3.63, 3.8) is 0 Å². The highest BCUT2D eigenvalue weighted by molar-refractivity contribution is 5.15. The highest BCUT2D eigenvalue weighted by Crippen LogP contribution is 2.11. The average Bonchev–Trinajstić information content (AvgIpc) is 2.31. The summed E-state index contributed by atoms with van der Waals surface area (Å²) in [4.78, 5) is 0. The van der Waals surface area contributed by atoms with E-state index in [0.29, 0.717) is 6.42 Å². The predicted octanol–water partition coefficient (Wildman–Crippen LogP) is 3.09. The van der Waals surface area contributed by atoms with Gasteiger partial charge >= 0.3 is 0 Å². The minimum Gasteiger partial charge on any atom is -0.494 e. The van der Waals surface area contributed by atoms with Crippen molar-refractivity contribution in [2.45, 2.75) is 18.9 Å². The first-order valence-electron chi connectivity index (χ1n) is 5.40. The van der Waals surface area contributed by atoms with Crippen molar-refractivity contribution < 1.29 is 6.11 Å². The van der Waals surface area contributed by atoms with Gasteiger partial charge in [0.2, 0.25) is 0 Å². The van der Waals surface area contributed by atoms with Gasteiger partial charge < -0.3 is 4.74 Å². The molecule has 1 aliphatic rings. The second kappa shape index (κ2) is 4.66. The minimum absolute atomic E-state index is 0.0395. The fourth-order valence-corrected chi connectivity index (χ4v) is 1.40. The molecule has 1 aliphatic heterocycles. The van der Waals surface area contributed by atoms with Crippen LogP contribution in [0.4, 0.5) is 0 Å². The Hall–Kier alpha value is -1.50. The van der Waals surface area contributed by atoms with Gasteiger partial charge in [-0.05, 0) is 30.5 Å². The summed E-state index contributed by atoms with van der Waals surface area (Å²) in [5.74, 6) is 0. The number of rotatable bonds is 3. The third-order valence-corrected chi connectivity index (χ3v) is 2.15. The van der Waals surface area contributed by atoms with Crippen LogP contribution in [0.25, 0.3) is 0 Å². The van der Waals surface area contributed by atoms with Crippen LogP contribution in [0.15, 0.2) is 54.8 Å². The molecule has 1 heterocycles. The molecule has 0 N–H and O–H groups in total. The molecule has 0 fully saturated rings. The summed E-state index contributed by atoms with van der Waals surface area (Å²) in [6, 6.07) is 9.87. The van der Waals surface area contributed by atoms with Gasteiger partial charge in [-0.3, -0.25) is 0 Å². The molecule has 1 nitrogen and oxygen atoms in total. The molecule has 0 bridgehead atoms. The Kier molecular flexibility index (Phi) is 2.62. The number of benzene rings is 1. The van der Waals surface area contributed by atoms with Gasteiger partial charge in [-0.15, -0.1) is 0 Å². The van der Waals surface area contributed by atoms with Crippen molar-refractivity contribution in [3.05, 3.63) is 60.4 Å². The number of ether oxygens (including phenoxy) is 1. The first kappa shape index (κ1) is 7.86. The van der Waals surface area contributed by atoms with Gasteiger partial charge in [0.25, 0.3) is 0 Å². The van der Waals surface area contributed by atoms with Gasteiger partial charge in [-0.25, -0.2) is 0 Å². The molecule has 0 amide bonds. The van der Waals surface area contributed by atoms with Crippen molar-refractivity contribution in [2.24, 2.45) is 0 Å². The first-order valence-corrected chi connectivity index (χ1v) is 4.82. The third kappa shape index (κ3) is 2.49. The minimum atomic E-state index is -0.215. The van der Waals surface area contributed by atoms with Crippen LogP contribution in [0.5, 0.6) is 0 Å². The van der Waals surface area contributed by atoms with Gasteiger partial charge in [-0.2, -0.15) is 0 Å². The number of hydrogen-bond donors (Lipinski definition) is 0. The summed E-state index contributed by atoms with van der Waals surface area (Å²) >= 11 is 0. The van der Waals surface area contributed by atoms with Crippen molar-refractivity contribution >= 4 is 0 Å². The molecule has 2 unspecified atom stereocenters. The first-order chi connectivity index (χ1) is 7.36. The average molecular weight is 187 g/mol. The maximum Gasteiger partial charge on any atom is 0.117 e. The summed E-state index contributed by atoms with van der Waals surface area (Å²) in [7, 11) is 0. The Balaban J connectivity index is 1.95. The lowest BCUT2D eigenvalue weighted by Gasteiger charge is -2.14. The van der Waals surface area contributed by atoms with Gasteiger partial charge in [0.1, 0.15) is 6.10 Å². The van der Waals surface area contributed by atoms with Crippen LogP contribution in [0.2, 0.25) is 0 Å². The van der Waals surface area contributed by atoms with E-state index in [2.05, 4.69) is 0 Å². The molecule has 0 spiro atoms. The molecule has 2 rings (SSSR count). The molecule has 0 saturated carbocycles. The zero-order valence-electron chi connectivity index (χ0n) is 8.97. The maximum atomic E-state index is 8.01. The van der Waals surface area contributed by atoms with Gasteiger partial charge in [-0.1, -0.05) is 36.4 Å². The van der Waals surface area contributed by atoms with Crippen LogP contribution in [0.3, 0.4) is 0 Å². The Morgan fingerprint density at radius 3 is 2.79 bits per heavy atom. The molecule has 72 valence electrons. The van der Waals surface area contributed by atoms with Crippen LogP contribution in [-0.4, -0.2) is 6.10 Å². The Morgan fingerprint density at radius 2 is 2.07 bits per heavy atom. The summed E-state index contributed by atoms with van der Waals surface area (Å²) in [5, 5.41) is 0. The van der Waals surface area contributed by atoms with Gasteiger partial charge in [0, 0.05) is 1.37 Å². The van der Waals surface area contributed by atoms with Gasteiger partial charge in [0.15, 0.2) is 0 Å². The lowest BCUT2D eigenvalue weighted by molar-refractivity contribution is 0.174. The summed E-state index contributed by atoms with van der Waals surface area (Å²) in [5.41, 5.74) is 1.05. The maximum absolute atomic E-state index is 8.01. The fourth-order valence-electron chi connectivity index (χ4n) is 1.40. The monoisotopic (exact) mass is 187 g/mol. The van der Waals surface area contributed by atoms with E-state index in [4.69, 9.17) is 6.11 Å². The number of allylic oxidation sites excluding steroid dienone is 2. The second-order valence-electron chi connectivity index (χ2n) is 3.24. The van der Waals surface area contributed by atoms with Crippen molar-refractivity contribution in [2.75, 3.05) is 0 Å². The number of hydrogen-bond acceptors (Lipinski definition) is 1. The molecule has 0 radical (unpaired) electrons. The quantitative estimate of drug-likeness (QED) is 0.706. The lowest BCUT2D eigenvalue weighted by Crippen LogP contribution is -2.09. The van der Waals surface area contributed by atoms with E-state index < -0.39 is 0 Å². The zero-order valence-corrected chi connectivity index (χ0v) is 7.97. The van der Waals surface area contributed by atoms with Crippen LogP contribution in [0.1, 0.15) is 13.4 Å². The van der Waals surface area contributed by atoms with Crippen LogP contribution in [0, 0.1) is 0 Å². The Bertz CT molecular complexity index is 356. The third-order valence-electron chi connectivity index (χ3n) is 2.15. The van der Waals surface area contributed by atoms with E-state index in [9.17, 15) is 0 Å². The lowest BCUT2D eigenvalue weighted by atomic mass is 10.1. The van der Waals surface area contributed by atoms with Crippen LogP contribution in [-0.2, 0) is 11.1 Å². The number of aryl methyl sites for hydroxylation is 1. The molecule has 1 aromatic carbocycles. The topological polar surface area (TPSA) is 9.23 Å². The summed E-state index contributed by atoms with van der Waals surface area (Å²) < 4.78 is 13.4. The molecule has 0 aliphatic carbocycles. The summed E-state index contributed by atoms with van der Waals surface area (Å²) in [6.45, 7) is 0. The largest absolute Gasteiger partial charge is 0.494 e. The molecular weight excluding hydrogens is 172 g/mol. The highest BCUT2D eigenvalue weighted by Gasteiger charge is 2.05. The molecule has 14 heavy (non-hydrogen) atoms. The Labute approximate surface area is 86.1 Å². The van der Waals surface area contributed by atoms with Crippen molar-refractivity contribution in [3.8, 4) is 0 Å². The van der Waals surface area contributed by atoms with E-state index in [-0.39, 0.29) is 12.5 Å².